The Balaban J connectivity index is 1.41. The van der Waals surface area contributed by atoms with Gasteiger partial charge < -0.3 is 10.2 Å². The van der Waals surface area contributed by atoms with Gasteiger partial charge in [0.05, 0.1) is 11.5 Å². The molecule has 7 heteroatoms. The molecule has 0 unspecified atom stereocenters. The first kappa shape index (κ1) is 17.5. The van der Waals surface area contributed by atoms with Crippen molar-refractivity contribution in [3.63, 3.8) is 0 Å². The van der Waals surface area contributed by atoms with Gasteiger partial charge >= 0.3 is 0 Å². The average Bonchev–Trinajstić information content (AvgIpc) is 3.02. The highest BCUT2D eigenvalue weighted by molar-refractivity contribution is 9.10. The molecule has 2 amide bonds. The number of nitrogens with zero attached hydrogens (tertiary/aromatic N) is 1. The molecule has 24 heavy (non-hydrogen) atoms. The SMILES string of the molecule is O=C(CSCC(=O)N1CCc2sccc2C1)Nc1cccc(Br)c1. The molecule has 0 aliphatic carbocycles. The van der Waals surface area contributed by atoms with E-state index >= 15 is 0 Å². The van der Waals surface area contributed by atoms with E-state index in [1.165, 1.54) is 22.2 Å². The van der Waals surface area contributed by atoms with Crippen LogP contribution in [0.2, 0.25) is 0 Å². The molecule has 1 aromatic heterocycles. The van der Waals surface area contributed by atoms with E-state index in [0.717, 1.165) is 23.1 Å². The largest absolute Gasteiger partial charge is 0.337 e. The van der Waals surface area contributed by atoms with Crippen molar-refractivity contribution >= 4 is 56.5 Å². The Kier molecular flexibility index (Phi) is 5.97. The monoisotopic (exact) mass is 424 g/mol. The molecule has 2 heterocycles. The van der Waals surface area contributed by atoms with Gasteiger partial charge in [-0.25, -0.2) is 0 Å². The molecule has 0 saturated carbocycles. The normalized spacial score (nSPS) is 13.5. The molecule has 0 bridgehead atoms. The van der Waals surface area contributed by atoms with Crippen LogP contribution in [0.15, 0.2) is 40.2 Å². The average molecular weight is 425 g/mol. The number of fused-ring (bicyclic) bond motifs is 1. The summed E-state index contributed by atoms with van der Waals surface area (Å²) in [5, 5.41) is 4.92. The van der Waals surface area contributed by atoms with Crippen molar-refractivity contribution in [3.05, 3.63) is 50.6 Å². The number of carbonyl (C=O) groups is 2. The third-order valence-electron chi connectivity index (χ3n) is 3.73. The Bertz CT molecular complexity index is 748. The van der Waals surface area contributed by atoms with Crippen molar-refractivity contribution in [2.45, 2.75) is 13.0 Å². The second kappa shape index (κ2) is 8.18. The summed E-state index contributed by atoms with van der Waals surface area (Å²) in [6.45, 7) is 1.47. The number of rotatable bonds is 5. The minimum Gasteiger partial charge on any atom is -0.337 e. The van der Waals surface area contributed by atoms with Crippen LogP contribution in [-0.2, 0) is 22.6 Å². The molecule has 1 N–H and O–H groups in total. The predicted octanol–water partition coefficient (Wildman–Crippen LogP) is 3.77. The molecule has 0 fully saturated rings. The standard InChI is InChI=1S/C17H17BrN2O2S2/c18-13-2-1-3-14(8-13)19-16(21)10-23-11-17(22)20-6-4-15-12(9-20)5-7-24-15/h1-3,5,7-8H,4,6,9-11H2,(H,19,21). The van der Waals surface area contributed by atoms with E-state index in [2.05, 4.69) is 32.7 Å². The number of benzene rings is 1. The highest BCUT2D eigenvalue weighted by Crippen LogP contribution is 2.24. The van der Waals surface area contributed by atoms with Gasteiger partial charge in [0, 0.05) is 28.1 Å². The maximum absolute atomic E-state index is 12.3. The molecule has 1 aliphatic rings. The highest BCUT2D eigenvalue weighted by atomic mass is 79.9. The van der Waals surface area contributed by atoms with Gasteiger partial charge in [-0.05, 0) is 41.6 Å². The first-order valence-corrected chi connectivity index (χ1v) is 10.4. The molecular formula is C17H17BrN2O2S2. The van der Waals surface area contributed by atoms with E-state index in [1.807, 2.05) is 29.2 Å². The lowest BCUT2D eigenvalue weighted by Gasteiger charge is -2.26. The Morgan fingerprint density at radius 1 is 1.29 bits per heavy atom. The Morgan fingerprint density at radius 2 is 2.17 bits per heavy atom. The second-order valence-electron chi connectivity index (χ2n) is 5.49. The van der Waals surface area contributed by atoms with Gasteiger partial charge in [0.25, 0.3) is 0 Å². The molecule has 2 aromatic rings. The number of carbonyl (C=O) groups excluding carboxylic acids is 2. The number of anilines is 1. The summed E-state index contributed by atoms with van der Waals surface area (Å²) in [7, 11) is 0. The number of hydrogen-bond donors (Lipinski definition) is 1. The van der Waals surface area contributed by atoms with Gasteiger partial charge in [-0.3, -0.25) is 9.59 Å². The third-order valence-corrected chi connectivity index (χ3v) is 6.16. The van der Waals surface area contributed by atoms with E-state index in [0.29, 0.717) is 12.3 Å². The fourth-order valence-electron chi connectivity index (χ4n) is 2.55. The number of halogens is 1. The first-order valence-electron chi connectivity index (χ1n) is 7.58. The van der Waals surface area contributed by atoms with Gasteiger partial charge in [-0.15, -0.1) is 23.1 Å². The summed E-state index contributed by atoms with van der Waals surface area (Å²) in [5.74, 6) is 0.623. The number of thioether (sulfide) groups is 1. The van der Waals surface area contributed by atoms with Crippen LogP contribution in [-0.4, -0.2) is 34.8 Å². The van der Waals surface area contributed by atoms with Crippen molar-refractivity contribution in [3.8, 4) is 0 Å². The van der Waals surface area contributed by atoms with Gasteiger partial charge in [0.2, 0.25) is 11.8 Å². The maximum atomic E-state index is 12.3. The van der Waals surface area contributed by atoms with E-state index in [1.54, 1.807) is 11.3 Å². The zero-order valence-electron chi connectivity index (χ0n) is 13.0. The lowest BCUT2D eigenvalue weighted by atomic mass is 10.1. The lowest BCUT2D eigenvalue weighted by molar-refractivity contribution is -0.129. The summed E-state index contributed by atoms with van der Waals surface area (Å²) in [6, 6.07) is 9.55. The van der Waals surface area contributed by atoms with Crippen molar-refractivity contribution in [1.82, 2.24) is 4.90 Å². The highest BCUT2D eigenvalue weighted by Gasteiger charge is 2.21. The smallest absolute Gasteiger partial charge is 0.234 e. The topological polar surface area (TPSA) is 49.4 Å². The van der Waals surface area contributed by atoms with Crippen molar-refractivity contribution in [1.29, 1.82) is 0 Å². The number of amides is 2. The molecule has 0 saturated heterocycles. The molecule has 0 radical (unpaired) electrons. The minimum absolute atomic E-state index is 0.0929. The van der Waals surface area contributed by atoms with Gasteiger partial charge in [-0.1, -0.05) is 22.0 Å². The Labute approximate surface area is 157 Å². The van der Waals surface area contributed by atoms with Gasteiger partial charge in [0.15, 0.2) is 0 Å². The minimum atomic E-state index is -0.0929. The van der Waals surface area contributed by atoms with Crippen molar-refractivity contribution in [2.24, 2.45) is 0 Å². The van der Waals surface area contributed by atoms with Crippen LogP contribution in [0.3, 0.4) is 0 Å². The lowest BCUT2D eigenvalue weighted by Crippen LogP contribution is -2.36. The fraction of sp³-hybridized carbons (Fsp3) is 0.294. The van der Waals surface area contributed by atoms with Crippen LogP contribution >= 0.6 is 39.0 Å². The van der Waals surface area contributed by atoms with E-state index < -0.39 is 0 Å². The van der Waals surface area contributed by atoms with Crippen LogP contribution in [0.5, 0.6) is 0 Å². The summed E-state index contributed by atoms with van der Waals surface area (Å²) in [6.07, 6.45) is 0.937. The van der Waals surface area contributed by atoms with Crippen LogP contribution in [0.4, 0.5) is 5.69 Å². The fourth-order valence-corrected chi connectivity index (χ4v) is 4.55. The third kappa shape index (κ3) is 4.62. The van der Waals surface area contributed by atoms with Gasteiger partial charge in [0.1, 0.15) is 0 Å². The summed E-state index contributed by atoms with van der Waals surface area (Å²) in [5.41, 5.74) is 2.01. The molecular weight excluding hydrogens is 408 g/mol. The molecule has 4 nitrogen and oxygen atoms in total. The Hall–Kier alpha value is -1.31. The van der Waals surface area contributed by atoms with Crippen LogP contribution in [0.25, 0.3) is 0 Å². The molecule has 3 rings (SSSR count). The summed E-state index contributed by atoms with van der Waals surface area (Å²) < 4.78 is 0.918. The van der Waals surface area contributed by atoms with E-state index in [9.17, 15) is 9.59 Å². The van der Waals surface area contributed by atoms with Crippen molar-refractivity contribution < 1.29 is 9.59 Å². The van der Waals surface area contributed by atoms with E-state index in [4.69, 9.17) is 0 Å². The second-order valence-corrected chi connectivity index (χ2v) is 8.39. The first-order chi connectivity index (χ1) is 11.6. The predicted molar refractivity (Wildman–Crippen MR) is 104 cm³/mol. The van der Waals surface area contributed by atoms with Crippen molar-refractivity contribution in [2.75, 3.05) is 23.4 Å². The van der Waals surface area contributed by atoms with E-state index in [-0.39, 0.29) is 17.6 Å². The molecule has 0 atom stereocenters. The number of hydrogen-bond acceptors (Lipinski definition) is 4. The quantitative estimate of drug-likeness (QED) is 0.794. The Morgan fingerprint density at radius 3 is 3.00 bits per heavy atom. The summed E-state index contributed by atoms with van der Waals surface area (Å²) >= 11 is 6.49. The molecule has 1 aliphatic heterocycles. The number of thiophene rings is 1. The molecule has 0 spiro atoms. The molecule has 1 aromatic carbocycles. The summed E-state index contributed by atoms with van der Waals surface area (Å²) in [4.78, 5) is 27.5. The van der Waals surface area contributed by atoms with Crippen LogP contribution in [0.1, 0.15) is 10.4 Å². The maximum Gasteiger partial charge on any atom is 0.234 e. The van der Waals surface area contributed by atoms with Crippen LogP contribution < -0.4 is 5.32 Å². The zero-order chi connectivity index (χ0) is 16.9. The molecule has 126 valence electrons. The van der Waals surface area contributed by atoms with Gasteiger partial charge in [-0.2, -0.15) is 0 Å². The van der Waals surface area contributed by atoms with Crippen LogP contribution in [0, 0.1) is 0 Å². The number of nitrogens with one attached hydrogen (secondary N) is 1. The zero-order valence-corrected chi connectivity index (χ0v) is 16.2.